The Morgan fingerprint density at radius 3 is 2.09 bits per heavy atom. The molecule has 0 aromatic carbocycles. The van der Waals surface area contributed by atoms with Crippen LogP contribution in [0.15, 0.2) is 0 Å². The SMILES string of the molecule is CCCCCCCCCCCCC(=O)N1CCCCCC1=O. The first-order chi connectivity index (χ1) is 10.8. The molecule has 0 atom stereocenters. The lowest BCUT2D eigenvalue weighted by Crippen LogP contribution is -2.36. The fourth-order valence-corrected chi connectivity index (χ4v) is 3.14. The number of rotatable bonds is 11. The second-order valence-corrected chi connectivity index (χ2v) is 6.68. The summed E-state index contributed by atoms with van der Waals surface area (Å²) in [6.07, 6.45) is 16.9. The van der Waals surface area contributed by atoms with E-state index in [2.05, 4.69) is 6.92 Å². The molecule has 3 nitrogen and oxygen atoms in total. The maximum absolute atomic E-state index is 12.1. The number of hydrogen-bond acceptors (Lipinski definition) is 2. The second-order valence-electron chi connectivity index (χ2n) is 6.68. The standard InChI is InChI=1S/C19H35NO2/c1-2-3-4-5-6-7-8-9-10-12-15-18(21)20-17-14-11-13-16-19(20)22/h2-17H2,1H3. The largest absolute Gasteiger partial charge is 0.283 e. The van der Waals surface area contributed by atoms with Gasteiger partial charge >= 0.3 is 0 Å². The molecule has 0 spiro atoms. The Balaban J connectivity index is 1.97. The van der Waals surface area contributed by atoms with E-state index in [1.807, 2.05) is 0 Å². The van der Waals surface area contributed by atoms with Gasteiger partial charge in [-0.05, 0) is 19.3 Å². The van der Waals surface area contributed by atoms with Crippen LogP contribution in [0.1, 0.15) is 103 Å². The van der Waals surface area contributed by atoms with Crippen LogP contribution >= 0.6 is 0 Å². The third kappa shape index (κ3) is 8.55. The third-order valence-electron chi connectivity index (χ3n) is 4.62. The Labute approximate surface area is 136 Å². The fourth-order valence-electron chi connectivity index (χ4n) is 3.14. The fraction of sp³-hybridized carbons (Fsp3) is 0.895. The van der Waals surface area contributed by atoms with Gasteiger partial charge in [0.1, 0.15) is 0 Å². The van der Waals surface area contributed by atoms with Crippen molar-refractivity contribution in [2.24, 2.45) is 0 Å². The minimum Gasteiger partial charge on any atom is -0.283 e. The molecule has 1 heterocycles. The molecule has 128 valence electrons. The van der Waals surface area contributed by atoms with Crippen LogP contribution in [-0.4, -0.2) is 23.3 Å². The minimum absolute atomic E-state index is 0.0505. The summed E-state index contributed by atoms with van der Waals surface area (Å²) in [5, 5.41) is 0. The van der Waals surface area contributed by atoms with Crippen LogP contribution in [0.3, 0.4) is 0 Å². The molecule has 1 rings (SSSR count). The van der Waals surface area contributed by atoms with E-state index in [1.54, 1.807) is 0 Å². The Morgan fingerprint density at radius 2 is 1.45 bits per heavy atom. The maximum atomic E-state index is 12.1. The molecule has 2 amide bonds. The Morgan fingerprint density at radius 1 is 0.864 bits per heavy atom. The van der Waals surface area contributed by atoms with Gasteiger partial charge in [0, 0.05) is 19.4 Å². The van der Waals surface area contributed by atoms with Crippen molar-refractivity contribution < 1.29 is 9.59 Å². The molecule has 0 N–H and O–H groups in total. The van der Waals surface area contributed by atoms with Gasteiger partial charge in [-0.15, -0.1) is 0 Å². The van der Waals surface area contributed by atoms with Crippen molar-refractivity contribution in [2.75, 3.05) is 6.54 Å². The number of nitrogens with zero attached hydrogens (tertiary/aromatic N) is 1. The Hall–Kier alpha value is -0.860. The van der Waals surface area contributed by atoms with E-state index in [4.69, 9.17) is 0 Å². The smallest absolute Gasteiger partial charge is 0.229 e. The van der Waals surface area contributed by atoms with Crippen molar-refractivity contribution in [3.8, 4) is 0 Å². The monoisotopic (exact) mass is 309 g/mol. The number of likely N-dealkylation sites (tertiary alicyclic amines) is 1. The van der Waals surface area contributed by atoms with E-state index < -0.39 is 0 Å². The van der Waals surface area contributed by atoms with Gasteiger partial charge in [0.15, 0.2) is 0 Å². The topological polar surface area (TPSA) is 37.4 Å². The van der Waals surface area contributed by atoms with Gasteiger partial charge in [0.25, 0.3) is 0 Å². The molecule has 0 radical (unpaired) electrons. The molecule has 0 aliphatic carbocycles. The van der Waals surface area contributed by atoms with Crippen LogP contribution < -0.4 is 0 Å². The van der Waals surface area contributed by atoms with Gasteiger partial charge < -0.3 is 0 Å². The van der Waals surface area contributed by atoms with E-state index >= 15 is 0 Å². The molecular weight excluding hydrogens is 274 g/mol. The Bertz CT molecular complexity index is 315. The summed E-state index contributed by atoms with van der Waals surface area (Å²) in [6.45, 7) is 2.90. The number of carbonyl (C=O) groups excluding carboxylic acids is 2. The van der Waals surface area contributed by atoms with Gasteiger partial charge in [-0.25, -0.2) is 0 Å². The second kappa shape index (κ2) is 12.7. The van der Waals surface area contributed by atoms with E-state index in [-0.39, 0.29) is 11.8 Å². The molecule has 1 aliphatic rings. The lowest BCUT2D eigenvalue weighted by molar-refractivity contribution is -0.144. The van der Waals surface area contributed by atoms with Gasteiger partial charge in [0.2, 0.25) is 11.8 Å². The average molecular weight is 309 g/mol. The van der Waals surface area contributed by atoms with Crippen molar-refractivity contribution in [3.05, 3.63) is 0 Å². The summed E-state index contributed by atoms with van der Waals surface area (Å²) < 4.78 is 0. The van der Waals surface area contributed by atoms with Crippen molar-refractivity contribution in [2.45, 2.75) is 103 Å². The van der Waals surface area contributed by atoms with Gasteiger partial charge in [-0.2, -0.15) is 0 Å². The molecule has 0 aromatic rings. The predicted molar refractivity (Wildman–Crippen MR) is 91.6 cm³/mol. The molecule has 1 saturated heterocycles. The first kappa shape index (κ1) is 19.2. The molecular formula is C19H35NO2. The minimum atomic E-state index is 0.0505. The molecule has 0 unspecified atom stereocenters. The van der Waals surface area contributed by atoms with Crippen LogP contribution in [0, 0.1) is 0 Å². The third-order valence-corrected chi connectivity index (χ3v) is 4.62. The van der Waals surface area contributed by atoms with E-state index in [9.17, 15) is 9.59 Å². The lowest BCUT2D eigenvalue weighted by atomic mass is 10.1. The Kier molecular flexibility index (Phi) is 11.0. The number of imide groups is 1. The average Bonchev–Trinajstić information content (AvgIpc) is 2.73. The van der Waals surface area contributed by atoms with Crippen LogP contribution in [0.25, 0.3) is 0 Å². The van der Waals surface area contributed by atoms with Crippen molar-refractivity contribution in [1.82, 2.24) is 4.90 Å². The summed E-state index contributed by atoms with van der Waals surface area (Å²) in [5.41, 5.74) is 0. The zero-order valence-corrected chi connectivity index (χ0v) is 14.6. The quantitative estimate of drug-likeness (QED) is 0.490. The highest BCUT2D eigenvalue weighted by molar-refractivity contribution is 5.95. The summed E-state index contributed by atoms with van der Waals surface area (Å²) in [5.74, 6) is 0.112. The molecule has 0 aromatic heterocycles. The molecule has 1 fully saturated rings. The molecule has 1 aliphatic heterocycles. The first-order valence-electron chi connectivity index (χ1n) is 9.59. The lowest BCUT2D eigenvalue weighted by Gasteiger charge is -2.18. The predicted octanol–water partition coefficient (Wildman–Crippen LogP) is 5.23. The van der Waals surface area contributed by atoms with Gasteiger partial charge in [-0.1, -0.05) is 71.1 Å². The normalized spacial score (nSPS) is 15.9. The van der Waals surface area contributed by atoms with Crippen LogP contribution in [0.5, 0.6) is 0 Å². The van der Waals surface area contributed by atoms with Gasteiger partial charge in [0.05, 0.1) is 0 Å². The number of carbonyl (C=O) groups is 2. The number of amides is 2. The van der Waals surface area contributed by atoms with Crippen molar-refractivity contribution >= 4 is 11.8 Å². The van der Waals surface area contributed by atoms with Gasteiger partial charge in [-0.3, -0.25) is 14.5 Å². The maximum Gasteiger partial charge on any atom is 0.229 e. The molecule has 0 bridgehead atoms. The van der Waals surface area contributed by atoms with E-state index in [1.165, 1.54) is 56.3 Å². The summed E-state index contributed by atoms with van der Waals surface area (Å²) in [6, 6.07) is 0. The van der Waals surface area contributed by atoms with E-state index in [0.717, 1.165) is 32.1 Å². The summed E-state index contributed by atoms with van der Waals surface area (Å²) in [7, 11) is 0. The number of hydrogen-bond donors (Lipinski definition) is 0. The molecule has 3 heteroatoms. The van der Waals surface area contributed by atoms with Crippen LogP contribution in [0.4, 0.5) is 0 Å². The van der Waals surface area contributed by atoms with Crippen LogP contribution in [0.2, 0.25) is 0 Å². The highest BCUT2D eigenvalue weighted by Gasteiger charge is 2.22. The molecule has 0 saturated carbocycles. The zero-order valence-electron chi connectivity index (χ0n) is 14.6. The van der Waals surface area contributed by atoms with Crippen LogP contribution in [-0.2, 0) is 9.59 Å². The summed E-state index contributed by atoms with van der Waals surface area (Å²) in [4.78, 5) is 25.5. The summed E-state index contributed by atoms with van der Waals surface area (Å²) >= 11 is 0. The van der Waals surface area contributed by atoms with Crippen molar-refractivity contribution in [1.29, 1.82) is 0 Å². The zero-order chi connectivity index (χ0) is 16.0. The number of unbranched alkanes of at least 4 members (excludes halogenated alkanes) is 9. The molecule has 22 heavy (non-hydrogen) atoms. The highest BCUT2D eigenvalue weighted by Crippen LogP contribution is 2.15. The van der Waals surface area contributed by atoms with E-state index in [0.29, 0.717) is 19.4 Å². The van der Waals surface area contributed by atoms with Crippen molar-refractivity contribution in [3.63, 3.8) is 0 Å². The highest BCUT2D eigenvalue weighted by atomic mass is 16.2. The first-order valence-corrected chi connectivity index (χ1v) is 9.59.